The van der Waals surface area contributed by atoms with Gasteiger partial charge in [-0.25, -0.2) is 12.4 Å². The highest BCUT2D eigenvalue weighted by Crippen LogP contribution is 2.33. The zero-order chi connectivity index (χ0) is 19.0. The van der Waals surface area contributed by atoms with Crippen LogP contribution in [0.15, 0.2) is 73.4 Å². The monoisotopic (exact) mass is 384 g/mol. The Balaban J connectivity index is 1.80. The predicted octanol–water partition coefficient (Wildman–Crippen LogP) is 3.47. The summed E-state index contributed by atoms with van der Waals surface area (Å²) in [6, 6.07) is 11.6. The number of methoxy groups -OCH3 is 1. The maximum absolute atomic E-state index is 13.1. The summed E-state index contributed by atoms with van der Waals surface area (Å²) in [6.07, 6.45) is 1.48. The fraction of sp³-hybridized carbons (Fsp3) is 0.167. The van der Waals surface area contributed by atoms with Crippen molar-refractivity contribution in [2.75, 3.05) is 13.7 Å². The number of aromatic nitrogens is 1. The van der Waals surface area contributed by atoms with Gasteiger partial charge in [0.25, 0.3) is 10.0 Å². The summed E-state index contributed by atoms with van der Waals surface area (Å²) in [4.78, 5) is 0.196. The van der Waals surface area contributed by atoms with E-state index in [0.717, 1.165) is 5.56 Å². The van der Waals surface area contributed by atoms with Crippen molar-refractivity contribution >= 4 is 15.7 Å². The molecule has 0 saturated carbocycles. The molecular weight excluding hydrogens is 368 g/mol. The first-order valence-electron chi connectivity index (χ1n) is 8.12. The zero-order valence-electron chi connectivity index (χ0n) is 14.7. The van der Waals surface area contributed by atoms with Crippen molar-refractivity contribution in [1.82, 2.24) is 3.97 Å². The smallest absolute Gasteiger partial charge is 0.268 e. The van der Waals surface area contributed by atoms with Crippen LogP contribution in [0.1, 0.15) is 11.3 Å². The van der Waals surface area contributed by atoms with Crippen LogP contribution in [0.2, 0.25) is 0 Å². The van der Waals surface area contributed by atoms with E-state index >= 15 is 0 Å². The fourth-order valence-electron chi connectivity index (χ4n) is 2.78. The van der Waals surface area contributed by atoms with Crippen molar-refractivity contribution < 1.29 is 17.6 Å². The number of hydrogen-bond acceptors (Lipinski definition) is 7. The lowest BCUT2D eigenvalue weighted by molar-refractivity contribution is 0.404. The van der Waals surface area contributed by atoms with E-state index < -0.39 is 10.0 Å². The standard InChI is InChI=1S/C18H16N4O4S/c1-12-5-7-13(8-6-12)27(23,24)22-9-3-4-15(22)16-10-17(25-2)18(26-16)14-11-19-21-20-14/h3-10H,11H2,1-2H3. The Hall–Kier alpha value is -3.20. The third-order valence-electron chi connectivity index (χ3n) is 4.17. The third kappa shape index (κ3) is 2.95. The molecule has 27 heavy (non-hydrogen) atoms. The van der Waals surface area contributed by atoms with Crippen LogP contribution < -0.4 is 4.74 Å². The molecule has 0 spiro atoms. The van der Waals surface area contributed by atoms with Crippen LogP contribution >= 0.6 is 0 Å². The van der Waals surface area contributed by atoms with Crippen LogP contribution in [0.3, 0.4) is 0 Å². The Morgan fingerprint density at radius 1 is 1.19 bits per heavy atom. The molecule has 4 rings (SSSR count). The summed E-state index contributed by atoms with van der Waals surface area (Å²) in [5.74, 6) is 1.17. The van der Waals surface area contributed by atoms with Gasteiger partial charge >= 0.3 is 0 Å². The Morgan fingerprint density at radius 2 is 1.96 bits per heavy atom. The molecule has 3 heterocycles. The second-order valence-electron chi connectivity index (χ2n) is 5.95. The Kier molecular flexibility index (Phi) is 4.15. The van der Waals surface area contributed by atoms with Crippen molar-refractivity contribution in [3.05, 3.63) is 60.0 Å². The first kappa shape index (κ1) is 17.2. The summed E-state index contributed by atoms with van der Waals surface area (Å²) in [7, 11) is -2.27. The SMILES string of the molecule is COc1cc(-c2cccn2S(=O)(=O)c2ccc(C)cc2)oc1C1=NN=NC1. The lowest BCUT2D eigenvalue weighted by Crippen LogP contribution is -2.13. The molecule has 8 nitrogen and oxygen atoms in total. The van der Waals surface area contributed by atoms with Crippen LogP contribution in [0.25, 0.3) is 11.5 Å². The zero-order valence-corrected chi connectivity index (χ0v) is 15.5. The first-order valence-corrected chi connectivity index (χ1v) is 9.56. The highest BCUT2D eigenvalue weighted by Gasteiger charge is 2.25. The molecule has 0 saturated heterocycles. The van der Waals surface area contributed by atoms with Crippen molar-refractivity contribution in [3.8, 4) is 17.2 Å². The molecule has 3 aromatic rings. The molecule has 0 amide bonds. The van der Waals surface area contributed by atoms with Crippen molar-refractivity contribution in [2.24, 2.45) is 15.4 Å². The van der Waals surface area contributed by atoms with E-state index in [9.17, 15) is 8.42 Å². The lowest BCUT2D eigenvalue weighted by Gasteiger charge is -2.09. The van der Waals surface area contributed by atoms with Gasteiger partial charge in [-0.2, -0.15) is 5.11 Å². The van der Waals surface area contributed by atoms with E-state index in [1.165, 1.54) is 17.3 Å². The number of ether oxygens (including phenoxy) is 1. The molecule has 0 bridgehead atoms. The van der Waals surface area contributed by atoms with Crippen LogP contribution in [0.5, 0.6) is 5.75 Å². The van der Waals surface area contributed by atoms with E-state index in [1.807, 2.05) is 6.92 Å². The molecule has 1 aliphatic heterocycles. The van der Waals surface area contributed by atoms with Crippen LogP contribution in [-0.2, 0) is 10.0 Å². The van der Waals surface area contributed by atoms with Gasteiger partial charge in [0.1, 0.15) is 12.3 Å². The quantitative estimate of drug-likeness (QED) is 0.672. The molecule has 138 valence electrons. The highest BCUT2D eigenvalue weighted by atomic mass is 32.2. The van der Waals surface area contributed by atoms with Crippen LogP contribution in [0.4, 0.5) is 0 Å². The number of aryl methyl sites for hydroxylation is 1. The molecule has 2 aromatic heterocycles. The number of hydrogen-bond donors (Lipinski definition) is 0. The molecule has 0 N–H and O–H groups in total. The maximum Gasteiger partial charge on any atom is 0.268 e. The minimum atomic E-state index is -3.77. The largest absolute Gasteiger partial charge is 0.493 e. The minimum Gasteiger partial charge on any atom is -0.493 e. The predicted molar refractivity (Wildman–Crippen MR) is 98.7 cm³/mol. The molecular formula is C18H16N4O4S. The normalized spacial score (nSPS) is 13.8. The van der Waals surface area contributed by atoms with Gasteiger partial charge in [-0.05, 0) is 36.4 Å². The molecule has 9 heteroatoms. The van der Waals surface area contributed by atoms with E-state index in [4.69, 9.17) is 9.15 Å². The van der Waals surface area contributed by atoms with Gasteiger partial charge in [0.05, 0.1) is 17.7 Å². The molecule has 1 aliphatic rings. The van der Waals surface area contributed by atoms with Gasteiger partial charge in [-0.1, -0.05) is 17.7 Å². The minimum absolute atomic E-state index is 0.196. The molecule has 0 radical (unpaired) electrons. The molecule has 0 fully saturated rings. The second-order valence-corrected chi connectivity index (χ2v) is 7.77. The van der Waals surface area contributed by atoms with E-state index in [0.29, 0.717) is 28.7 Å². The summed E-state index contributed by atoms with van der Waals surface area (Å²) >= 11 is 0. The van der Waals surface area contributed by atoms with Crippen molar-refractivity contribution in [3.63, 3.8) is 0 Å². The summed E-state index contributed by atoms with van der Waals surface area (Å²) in [5, 5.41) is 11.3. The lowest BCUT2D eigenvalue weighted by atomic mass is 10.2. The Morgan fingerprint density at radius 3 is 2.63 bits per heavy atom. The first-order chi connectivity index (χ1) is 13.0. The highest BCUT2D eigenvalue weighted by molar-refractivity contribution is 7.90. The summed E-state index contributed by atoms with van der Waals surface area (Å²) < 4.78 is 38.5. The van der Waals surface area contributed by atoms with E-state index in [1.54, 1.807) is 42.5 Å². The van der Waals surface area contributed by atoms with Crippen molar-refractivity contribution in [1.29, 1.82) is 0 Å². The number of nitrogens with zero attached hydrogens (tertiary/aromatic N) is 4. The number of rotatable bonds is 5. The molecule has 0 atom stereocenters. The molecule has 0 unspecified atom stereocenters. The van der Waals surface area contributed by atoms with Crippen LogP contribution in [0, 0.1) is 6.92 Å². The average molecular weight is 384 g/mol. The third-order valence-corrected chi connectivity index (χ3v) is 5.88. The molecule has 0 aliphatic carbocycles. The maximum atomic E-state index is 13.1. The second kappa shape index (κ2) is 6.51. The molecule has 1 aromatic carbocycles. The average Bonchev–Trinajstić information content (AvgIpc) is 3.40. The van der Waals surface area contributed by atoms with E-state index in [-0.39, 0.29) is 11.4 Å². The Bertz CT molecular complexity index is 1150. The fourth-order valence-corrected chi connectivity index (χ4v) is 4.12. The van der Waals surface area contributed by atoms with Gasteiger partial charge in [0.15, 0.2) is 17.3 Å². The topological polar surface area (TPSA) is 98.5 Å². The van der Waals surface area contributed by atoms with Gasteiger partial charge < -0.3 is 9.15 Å². The number of benzene rings is 1. The summed E-state index contributed by atoms with van der Waals surface area (Å²) in [5.41, 5.74) is 1.89. The van der Waals surface area contributed by atoms with Gasteiger partial charge in [-0.3, -0.25) is 0 Å². The van der Waals surface area contributed by atoms with Gasteiger partial charge in [0.2, 0.25) is 0 Å². The van der Waals surface area contributed by atoms with E-state index in [2.05, 4.69) is 15.4 Å². The van der Waals surface area contributed by atoms with Crippen molar-refractivity contribution in [2.45, 2.75) is 11.8 Å². The van der Waals surface area contributed by atoms with Gasteiger partial charge in [0, 0.05) is 12.3 Å². The van der Waals surface area contributed by atoms with Crippen LogP contribution in [-0.4, -0.2) is 31.8 Å². The van der Waals surface area contributed by atoms with Gasteiger partial charge in [-0.15, -0.1) is 5.10 Å². The number of furan rings is 1. The summed E-state index contributed by atoms with van der Waals surface area (Å²) in [6.45, 7) is 2.18. The Labute approximate surface area is 155 Å².